The average molecular weight is 443 g/mol. The number of hydrogen-bond acceptors (Lipinski definition) is 4. The van der Waals surface area contributed by atoms with E-state index < -0.39 is 23.8 Å². The van der Waals surface area contributed by atoms with Crippen LogP contribution in [0.2, 0.25) is 0 Å². The first-order chi connectivity index (χ1) is 15.4. The third-order valence-corrected chi connectivity index (χ3v) is 5.84. The summed E-state index contributed by atoms with van der Waals surface area (Å²) >= 11 is 0. The molecule has 1 aliphatic heterocycles. The summed E-state index contributed by atoms with van der Waals surface area (Å²) in [6.45, 7) is 0.512. The molecule has 3 N–H and O–H groups in total. The third-order valence-electron chi connectivity index (χ3n) is 5.84. The van der Waals surface area contributed by atoms with Crippen LogP contribution in [0.1, 0.15) is 29.0 Å². The zero-order chi connectivity index (χ0) is 22.7. The maximum atomic E-state index is 13.5. The fraction of sp³-hybridized carbons (Fsp3) is 0.280. The highest BCUT2D eigenvalue weighted by Crippen LogP contribution is 2.35. The summed E-state index contributed by atoms with van der Waals surface area (Å²) in [6.07, 6.45) is -0.828. The van der Waals surface area contributed by atoms with Crippen molar-refractivity contribution in [2.24, 2.45) is 0 Å². The Balaban J connectivity index is 1.47. The van der Waals surface area contributed by atoms with Crippen molar-refractivity contribution in [2.45, 2.75) is 37.1 Å². The number of aromatic hydroxyl groups is 1. The van der Waals surface area contributed by atoms with Crippen molar-refractivity contribution in [1.29, 1.82) is 0 Å². The predicted molar refractivity (Wildman–Crippen MR) is 114 cm³/mol. The lowest BCUT2D eigenvalue weighted by molar-refractivity contribution is -0.0718. The van der Waals surface area contributed by atoms with Gasteiger partial charge in [0, 0.05) is 18.9 Å². The molecule has 7 heteroatoms. The molecule has 0 bridgehead atoms. The Morgan fingerprint density at radius 3 is 2.03 bits per heavy atom. The van der Waals surface area contributed by atoms with E-state index in [0.717, 1.165) is 11.1 Å². The molecule has 0 saturated carbocycles. The molecular weight excluding hydrogens is 419 g/mol. The van der Waals surface area contributed by atoms with E-state index in [9.17, 15) is 23.4 Å². The lowest BCUT2D eigenvalue weighted by Crippen LogP contribution is -2.50. The van der Waals surface area contributed by atoms with Gasteiger partial charge in [0.15, 0.2) is 11.6 Å². The van der Waals surface area contributed by atoms with Crippen molar-refractivity contribution >= 4 is 0 Å². The molecule has 0 aromatic heterocycles. The van der Waals surface area contributed by atoms with Crippen LogP contribution in [0.3, 0.4) is 0 Å². The van der Waals surface area contributed by atoms with Crippen molar-refractivity contribution in [2.75, 3.05) is 6.61 Å². The number of aliphatic hydroxyl groups excluding tert-OH is 1. The van der Waals surface area contributed by atoms with Gasteiger partial charge in [-0.3, -0.25) is 0 Å². The van der Waals surface area contributed by atoms with E-state index >= 15 is 0 Å². The van der Waals surface area contributed by atoms with Crippen LogP contribution in [0.4, 0.5) is 13.2 Å². The standard InChI is InChI=1S/C25H24F3NO3/c26-18-6-2-16(3-7-18)25(17-4-8-19(27)9-5-17)24-12-23(31)21(14-32-24)29-13-15-1-10-22(30)20(28)11-15/h1-11,21,23-25,29-31H,12-14H2. The van der Waals surface area contributed by atoms with Crippen molar-refractivity contribution in [3.05, 3.63) is 101 Å². The van der Waals surface area contributed by atoms with E-state index in [0.29, 0.717) is 18.5 Å². The normalized spacial score (nSPS) is 21.1. The molecule has 4 rings (SSSR count). The smallest absolute Gasteiger partial charge is 0.165 e. The van der Waals surface area contributed by atoms with Crippen molar-refractivity contribution < 1.29 is 28.1 Å². The largest absolute Gasteiger partial charge is 0.505 e. The van der Waals surface area contributed by atoms with Crippen LogP contribution < -0.4 is 5.32 Å². The molecule has 1 fully saturated rings. The van der Waals surface area contributed by atoms with Crippen LogP contribution in [-0.2, 0) is 11.3 Å². The van der Waals surface area contributed by atoms with Crippen LogP contribution in [0.15, 0.2) is 66.7 Å². The van der Waals surface area contributed by atoms with Gasteiger partial charge in [0.25, 0.3) is 0 Å². The highest BCUT2D eigenvalue weighted by atomic mass is 19.1. The Morgan fingerprint density at radius 1 is 0.906 bits per heavy atom. The molecule has 3 atom stereocenters. The second-order valence-corrected chi connectivity index (χ2v) is 8.03. The van der Waals surface area contributed by atoms with E-state index in [1.165, 1.54) is 36.4 Å². The zero-order valence-corrected chi connectivity index (χ0v) is 17.2. The Bertz CT molecular complexity index is 998. The van der Waals surface area contributed by atoms with Gasteiger partial charge in [-0.2, -0.15) is 0 Å². The monoisotopic (exact) mass is 443 g/mol. The van der Waals surface area contributed by atoms with Gasteiger partial charge in [0.05, 0.1) is 24.9 Å². The number of aliphatic hydroxyl groups is 1. The van der Waals surface area contributed by atoms with Crippen LogP contribution in [-0.4, -0.2) is 35.1 Å². The molecule has 168 valence electrons. The summed E-state index contributed by atoms with van der Waals surface area (Å²) in [7, 11) is 0. The number of ether oxygens (including phenoxy) is 1. The minimum atomic E-state index is -0.737. The van der Waals surface area contributed by atoms with Gasteiger partial charge >= 0.3 is 0 Å². The topological polar surface area (TPSA) is 61.7 Å². The van der Waals surface area contributed by atoms with Crippen molar-refractivity contribution in [1.82, 2.24) is 5.32 Å². The summed E-state index contributed by atoms with van der Waals surface area (Å²) in [5.74, 6) is -2.13. The van der Waals surface area contributed by atoms with E-state index in [1.807, 2.05) is 0 Å². The minimum absolute atomic E-state index is 0.214. The summed E-state index contributed by atoms with van der Waals surface area (Å²) in [6, 6.07) is 15.9. The molecule has 1 saturated heterocycles. The molecule has 3 aromatic carbocycles. The zero-order valence-electron chi connectivity index (χ0n) is 17.2. The molecule has 1 aliphatic rings. The Hall–Kier alpha value is -2.87. The van der Waals surface area contributed by atoms with E-state index in [-0.39, 0.29) is 30.2 Å². The Labute approximate surface area is 184 Å². The number of phenols is 1. The molecule has 3 unspecified atom stereocenters. The van der Waals surface area contributed by atoms with Gasteiger partial charge in [-0.15, -0.1) is 0 Å². The van der Waals surface area contributed by atoms with E-state index in [4.69, 9.17) is 4.74 Å². The highest BCUT2D eigenvalue weighted by Gasteiger charge is 2.35. The molecule has 0 radical (unpaired) electrons. The van der Waals surface area contributed by atoms with Gasteiger partial charge in [-0.1, -0.05) is 30.3 Å². The summed E-state index contributed by atoms with van der Waals surface area (Å²) in [5, 5.41) is 23.2. The van der Waals surface area contributed by atoms with Gasteiger partial charge in [-0.25, -0.2) is 13.2 Å². The molecule has 0 spiro atoms. The molecule has 4 nitrogen and oxygen atoms in total. The maximum absolute atomic E-state index is 13.5. The predicted octanol–water partition coefficient (Wildman–Crippen LogP) is 4.25. The Morgan fingerprint density at radius 2 is 1.50 bits per heavy atom. The number of halogens is 3. The minimum Gasteiger partial charge on any atom is -0.505 e. The molecule has 1 heterocycles. The second kappa shape index (κ2) is 9.73. The van der Waals surface area contributed by atoms with Gasteiger partial charge < -0.3 is 20.3 Å². The SMILES string of the molecule is Oc1ccc(CNC2COC(C(c3ccc(F)cc3)c3ccc(F)cc3)CC2O)cc1F. The summed E-state index contributed by atoms with van der Waals surface area (Å²) in [4.78, 5) is 0. The fourth-order valence-corrected chi connectivity index (χ4v) is 4.11. The highest BCUT2D eigenvalue weighted by molar-refractivity contribution is 5.35. The average Bonchev–Trinajstić information content (AvgIpc) is 2.78. The lowest BCUT2D eigenvalue weighted by Gasteiger charge is -2.38. The first-order valence-electron chi connectivity index (χ1n) is 10.4. The Kier molecular flexibility index (Phi) is 6.79. The molecular formula is C25H24F3NO3. The number of rotatable bonds is 6. The maximum Gasteiger partial charge on any atom is 0.165 e. The summed E-state index contributed by atoms with van der Waals surface area (Å²) in [5.41, 5.74) is 2.24. The van der Waals surface area contributed by atoms with Crippen molar-refractivity contribution in [3.63, 3.8) is 0 Å². The van der Waals surface area contributed by atoms with E-state index in [2.05, 4.69) is 5.32 Å². The number of hydrogen-bond donors (Lipinski definition) is 3. The number of phenolic OH excluding ortho intramolecular Hbond substituents is 1. The molecule has 0 amide bonds. The van der Waals surface area contributed by atoms with Gasteiger partial charge in [0.2, 0.25) is 0 Å². The van der Waals surface area contributed by atoms with Crippen LogP contribution >= 0.6 is 0 Å². The molecule has 3 aromatic rings. The lowest BCUT2D eigenvalue weighted by atomic mass is 9.82. The second-order valence-electron chi connectivity index (χ2n) is 8.03. The number of benzene rings is 3. The fourth-order valence-electron chi connectivity index (χ4n) is 4.11. The summed E-state index contributed by atoms with van der Waals surface area (Å²) < 4.78 is 46.6. The van der Waals surface area contributed by atoms with Crippen LogP contribution in [0, 0.1) is 17.5 Å². The van der Waals surface area contributed by atoms with Crippen LogP contribution in [0.5, 0.6) is 5.75 Å². The first-order valence-corrected chi connectivity index (χ1v) is 10.4. The quantitative estimate of drug-likeness (QED) is 0.533. The molecule has 0 aliphatic carbocycles. The van der Waals surface area contributed by atoms with E-state index in [1.54, 1.807) is 30.3 Å². The van der Waals surface area contributed by atoms with Gasteiger partial charge in [0.1, 0.15) is 11.6 Å². The first kappa shape index (κ1) is 22.3. The molecule has 32 heavy (non-hydrogen) atoms. The van der Waals surface area contributed by atoms with Crippen LogP contribution in [0.25, 0.3) is 0 Å². The van der Waals surface area contributed by atoms with Gasteiger partial charge in [-0.05, 0) is 53.1 Å². The number of nitrogens with one attached hydrogen (secondary N) is 1. The van der Waals surface area contributed by atoms with Crippen molar-refractivity contribution in [3.8, 4) is 5.75 Å². The third kappa shape index (κ3) is 5.12.